The first-order chi connectivity index (χ1) is 35.3. The maximum absolute atomic E-state index is 13.5. The van der Waals surface area contributed by atoms with Crippen LogP contribution in [0.25, 0.3) is 0 Å². The third kappa shape index (κ3) is 9.18. The van der Waals surface area contributed by atoms with Gasteiger partial charge in [0.2, 0.25) is 0 Å². The topological polar surface area (TPSA) is 68.3 Å². The van der Waals surface area contributed by atoms with Crippen molar-refractivity contribution in [1.82, 2.24) is 0 Å². The van der Waals surface area contributed by atoms with E-state index in [4.69, 9.17) is 14.2 Å². The first-order valence-corrected chi connectivity index (χ1v) is 23.3. The molecule has 0 spiro atoms. The molecule has 0 bridgehead atoms. The van der Waals surface area contributed by atoms with Crippen molar-refractivity contribution in [2.45, 2.75) is 6.42 Å². The number of benzene rings is 10. The lowest BCUT2D eigenvalue weighted by atomic mass is 10.0. The summed E-state index contributed by atoms with van der Waals surface area (Å²) in [4.78, 5) is 29.7. The van der Waals surface area contributed by atoms with Gasteiger partial charge in [0.15, 0.2) is 34.6 Å². The molecule has 3 heterocycles. The molecule has 10 aromatic carbocycles. The van der Waals surface area contributed by atoms with Crippen LogP contribution in [0.2, 0.25) is 0 Å². The molecule has 72 heavy (non-hydrogen) atoms. The summed E-state index contributed by atoms with van der Waals surface area (Å²) in [6.07, 6.45) is 0.979. The smallest absolute Gasteiger partial charge is 0.193 e. The molecule has 0 fully saturated rings. The summed E-state index contributed by atoms with van der Waals surface area (Å²) in [5, 5.41) is 0. The number of fused-ring (bicyclic) bond motifs is 6. The number of halogens is 2. The van der Waals surface area contributed by atoms with Gasteiger partial charge in [-0.3, -0.25) is 9.59 Å². The molecular weight excluding hydrogens is 903 g/mol. The van der Waals surface area contributed by atoms with Crippen molar-refractivity contribution < 1.29 is 32.6 Å². The van der Waals surface area contributed by atoms with Crippen molar-refractivity contribution in [3.05, 3.63) is 288 Å². The van der Waals surface area contributed by atoms with Crippen molar-refractivity contribution in [2.75, 3.05) is 9.80 Å². The molecule has 0 atom stereocenters. The maximum atomic E-state index is 13.5. The standard InChI is InChI=1S/C37H24N2O3.C13H8F2O.C13H10O/c40-37(25-17-21-27(22-18-25)38-29-9-1-5-13-33(29)41-34-14-6-2-10-30(34)38)26-19-23-28(24-20-26)39-31-11-3-7-15-35(31)42-36-16-8-4-12-32(36)39;14-11-5-1-9(2-6-11)13(16)10-3-7-12(15)8-4-10;1-3-7-12-10(5-1)9-11-6-2-4-8-13(11)14-12/h1-24H;1-8H;1-8H,9H2. The second-order valence-corrected chi connectivity index (χ2v) is 17.0. The molecule has 0 amide bonds. The van der Waals surface area contributed by atoms with Crippen LogP contribution in [0.3, 0.4) is 0 Å². The van der Waals surface area contributed by atoms with E-state index in [0.29, 0.717) is 22.3 Å². The number of ketones is 2. The molecule has 348 valence electrons. The molecule has 0 saturated heterocycles. The second-order valence-electron chi connectivity index (χ2n) is 17.0. The highest BCUT2D eigenvalue weighted by atomic mass is 19.1. The number of anilines is 6. The highest BCUT2D eigenvalue weighted by molar-refractivity contribution is 6.10. The molecule has 0 saturated carbocycles. The van der Waals surface area contributed by atoms with Crippen LogP contribution in [0.1, 0.15) is 43.0 Å². The third-order valence-electron chi connectivity index (χ3n) is 12.4. The van der Waals surface area contributed by atoms with Crippen molar-refractivity contribution in [1.29, 1.82) is 0 Å². The number of para-hydroxylation sites is 10. The van der Waals surface area contributed by atoms with Gasteiger partial charge in [-0.05, 0) is 169 Å². The Kier molecular flexibility index (Phi) is 12.3. The Balaban J connectivity index is 0.000000151. The minimum Gasteiger partial charge on any atom is -0.457 e. The summed E-state index contributed by atoms with van der Waals surface area (Å²) in [6.45, 7) is 0. The van der Waals surface area contributed by atoms with Crippen LogP contribution < -0.4 is 24.0 Å². The number of rotatable bonds is 6. The van der Waals surface area contributed by atoms with Crippen LogP contribution in [-0.4, -0.2) is 11.6 Å². The van der Waals surface area contributed by atoms with Gasteiger partial charge in [-0.15, -0.1) is 0 Å². The average molecular weight is 945 g/mol. The van der Waals surface area contributed by atoms with Gasteiger partial charge in [-0.25, -0.2) is 8.78 Å². The Bertz CT molecular complexity index is 3230. The van der Waals surface area contributed by atoms with E-state index in [2.05, 4.69) is 34.1 Å². The zero-order valence-electron chi connectivity index (χ0n) is 38.5. The Morgan fingerprint density at radius 1 is 0.306 bits per heavy atom. The lowest BCUT2D eigenvalue weighted by Crippen LogP contribution is -2.16. The molecule has 13 rings (SSSR count). The normalized spacial score (nSPS) is 12.1. The van der Waals surface area contributed by atoms with Gasteiger partial charge in [-0.1, -0.05) is 84.9 Å². The minimum absolute atomic E-state index is 0.0290. The predicted octanol–water partition coefficient (Wildman–Crippen LogP) is 16.6. The van der Waals surface area contributed by atoms with Gasteiger partial charge in [0.05, 0.1) is 22.7 Å². The summed E-state index contributed by atoms with van der Waals surface area (Å²) in [5.41, 5.74) is 10.3. The predicted molar refractivity (Wildman–Crippen MR) is 278 cm³/mol. The molecule has 7 nitrogen and oxygen atoms in total. The maximum Gasteiger partial charge on any atom is 0.193 e. The average Bonchev–Trinajstić information content (AvgIpc) is 3.43. The van der Waals surface area contributed by atoms with Crippen molar-refractivity contribution in [3.8, 4) is 34.5 Å². The quantitative estimate of drug-likeness (QED) is 0.154. The van der Waals surface area contributed by atoms with Gasteiger partial charge < -0.3 is 24.0 Å². The molecule has 0 unspecified atom stereocenters. The fourth-order valence-corrected chi connectivity index (χ4v) is 8.85. The first-order valence-electron chi connectivity index (χ1n) is 23.3. The van der Waals surface area contributed by atoms with E-state index in [1.54, 1.807) is 0 Å². The molecule has 10 aromatic rings. The molecule has 3 aliphatic heterocycles. The molecule has 9 heteroatoms. The fourth-order valence-electron chi connectivity index (χ4n) is 8.85. The molecule has 0 aromatic heterocycles. The summed E-state index contributed by atoms with van der Waals surface area (Å²) in [7, 11) is 0. The van der Waals surface area contributed by atoms with Gasteiger partial charge in [0.25, 0.3) is 0 Å². The molecule has 3 aliphatic rings. The number of ether oxygens (including phenoxy) is 3. The van der Waals surface area contributed by atoms with Gasteiger partial charge in [0.1, 0.15) is 23.1 Å². The zero-order chi connectivity index (χ0) is 49.0. The van der Waals surface area contributed by atoms with Crippen LogP contribution >= 0.6 is 0 Å². The van der Waals surface area contributed by atoms with Crippen LogP contribution in [-0.2, 0) is 6.42 Å². The molecular formula is C63H42F2N2O5. The van der Waals surface area contributed by atoms with Crippen LogP contribution in [0.5, 0.6) is 34.5 Å². The van der Waals surface area contributed by atoms with Crippen molar-refractivity contribution >= 4 is 45.7 Å². The van der Waals surface area contributed by atoms with E-state index < -0.39 is 11.6 Å². The lowest BCUT2D eigenvalue weighted by molar-refractivity contribution is 0.103. The van der Waals surface area contributed by atoms with E-state index in [9.17, 15) is 18.4 Å². The largest absolute Gasteiger partial charge is 0.457 e. The first kappa shape index (κ1) is 44.9. The summed E-state index contributed by atoms with van der Waals surface area (Å²) in [5.74, 6) is 4.09. The highest BCUT2D eigenvalue weighted by Gasteiger charge is 2.27. The Labute approximate surface area is 415 Å². The van der Waals surface area contributed by atoms with E-state index >= 15 is 0 Å². The van der Waals surface area contributed by atoms with Crippen molar-refractivity contribution in [2.24, 2.45) is 0 Å². The summed E-state index contributed by atoms with van der Waals surface area (Å²) < 4.78 is 43.3. The van der Waals surface area contributed by atoms with E-state index in [1.807, 2.05) is 170 Å². The zero-order valence-corrected chi connectivity index (χ0v) is 38.5. The Morgan fingerprint density at radius 3 is 0.875 bits per heavy atom. The highest BCUT2D eigenvalue weighted by Crippen LogP contribution is 2.51. The molecule has 0 aliphatic carbocycles. The number of carbonyl (C=O) groups excluding carboxylic acids is 2. The van der Waals surface area contributed by atoms with Crippen LogP contribution in [0, 0.1) is 11.6 Å². The second kappa shape index (κ2) is 19.8. The number of nitrogens with zero attached hydrogens (tertiary/aromatic N) is 2. The molecule has 0 N–H and O–H groups in total. The van der Waals surface area contributed by atoms with Gasteiger partial charge in [-0.2, -0.15) is 0 Å². The third-order valence-corrected chi connectivity index (χ3v) is 12.4. The van der Waals surface area contributed by atoms with Gasteiger partial charge in [0, 0.05) is 40.0 Å². The number of hydrogen-bond donors (Lipinski definition) is 0. The van der Waals surface area contributed by atoms with E-state index in [-0.39, 0.29) is 11.6 Å². The Morgan fingerprint density at radius 2 is 0.556 bits per heavy atom. The minimum atomic E-state index is -0.393. The van der Waals surface area contributed by atoms with Gasteiger partial charge >= 0.3 is 0 Å². The lowest BCUT2D eigenvalue weighted by Gasteiger charge is -2.32. The molecule has 0 radical (unpaired) electrons. The Hall–Kier alpha value is -9.60. The fraction of sp³-hybridized carbons (Fsp3) is 0.0159. The summed E-state index contributed by atoms with van der Waals surface area (Å²) in [6, 6.07) is 74.3. The van der Waals surface area contributed by atoms with E-state index in [0.717, 1.165) is 75.0 Å². The number of carbonyl (C=O) groups is 2. The summed E-state index contributed by atoms with van der Waals surface area (Å²) >= 11 is 0. The monoisotopic (exact) mass is 944 g/mol. The van der Waals surface area contributed by atoms with Crippen LogP contribution in [0.15, 0.2) is 243 Å². The SMILES string of the molecule is O=C(c1ccc(F)cc1)c1ccc(F)cc1.O=C(c1ccc(N2c3ccccc3Oc3ccccc32)cc1)c1ccc(N2c3ccccc3Oc3ccccc32)cc1.c1ccc2c(c1)Cc1ccccc1O2. The van der Waals surface area contributed by atoms with E-state index in [1.165, 1.54) is 59.7 Å². The number of hydrogen-bond acceptors (Lipinski definition) is 7. The van der Waals surface area contributed by atoms with Crippen LogP contribution in [0.4, 0.5) is 42.9 Å². The van der Waals surface area contributed by atoms with Crippen molar-refractivity contribution in [3.63, 3.8) is 0 Å².